The van der Waals surface area contributed by atoms with Gasteiger partial charge in [0.15, 0.2) is 0 Å². The first-order valence-corrected chi connectivity index (χ1v) is 6.32. The highest BCUT2D eigenvalue weighted by atomic mass is 15.2. The standard InChI is InChI=1S/C14H20N4/c1-17(2)10-13-11-18(7-6-16-13)14-5-3-4-12(8-14)9-15/h3-5,8,13,16H,6-7,10-11H2,1-2H3. The highest BCUT2D eigenvalue weighted by molar-refractivity contribution is 5.52. The van der Waals surface area contributed by atoms with E-state index in [9.17, 15) is 0 Å². The average Bonchev–Trinajstić information content (AvgIpc) is 2.38. The van der Waals surface area contributed by atoms with E-state index in [0.717, 1.165) is 37.4 Å². The van der Waals surface area contributed by atoms with E-state index in [1.54, 1.807) is 0 Å². The smallest absolute Gasteiger partial charge is 0.0992 e. The number of anilines is 1. The van der Waals surface area contributed by atoms with Crippen LogP contribution in [0.4, 0.5) is 5.69 Å². The van der Waals surface area contributed by atoms with Crippen LogP contribution in [0.15, 0.2) is 24.3 Å². The van der Waals surface area contributed by atoms with Gasteiger partial charge in [-0.2, -0.15) is 5.26 Å². The van der Waals surface area contributed by atoms with Gasteiger partial charge in [0.1, 0.15) is 0 Å². The van der Waals surface area contributed by atoms with Crippen LogP contribution in [-0.4, -0.2) is 51.2 Å². The van der Waals surface area contributed by atoms with Gasteiger partial charge in [-0.1, -0.05) is 6.07 Å². The molecule has 1 atom stereocenters. The molecule has 1 aliphatic rings. The van der Waals surface area contributed by atoms with Gasteiger partial charge in [-0.25, -0.2) is 0 Å². The molecule has 96 valence electrons. The highest BCUT2D eigenvalue weighted by Gasteiger charge is 2.19. The summed E-state index contributed by atoms with van der Waals surface area (Å²) in [5.41, 5.74) is 1.88. The van der Waals surface area contributed by atoms with Crippen molar-refractivity contribution in [2.24, 2.45) is 0 Å². The third-order valence-corrected chi connectivity index (χ3v) is 3.18. The molecule has 0 amide bonds. The van der Waals surface area contributed by atoms with Gasteiger partial charge in [-0.3, -0.25) is 0 Å². The first-order valence-electron chi connectivity index (χ1n) is 6.32. The van der Waals surface area contributed by atoms with Gasteiger partial charge in [-0.05, 0) is 32.3 Å². The number of piperazine rings is 1. The summed E-state index contributed by atoms with van der Waals surface area (Å²) < 4.78 is 0. The molecule has 0 aromatic heterocycles. The van der Waals surface area contributed by atoms with Gasteiger partial charge in [0.2, 0.25) is 0 Å². The molecule has 0 spiro atoms. The normalized spacial score (nSPS) is 19.9. The van der Waals surface area contributed by atoms with E-state index in [4.69, 9.17) is 5.26 Å². The number of rotatable bonds is 3. The molecule has 0 bridgehead atoms. The quantitative estimate of drug-likeness (QED) is 0.858. The van der Waals surface area contributed by atoms with Crippen LogP contribution in [0.2, 0.25) is 0 Å². The van der Waals surface area contributed by atoms with Crippen molar-refractivity contribution in [3.8, 4) is 6.07 Å². The molecule has 1 saturated heterocycles. The minimum atomic E-state index is 0.486. The number of likely N-dealkylation sites (N-methyl/N-ethyl adjacent to an activating group) is 1. The first-order chi connectivity index (χ1) is 8.69. The minimum Gasteiger partial charge on any atom is -0.369 e. The van der Waals surface area contributed by atoms with Crippen LogP contribution in [0, 0.1) is 11.3 Å². The molecule has 1 unspecified atom stereocenters. The van der Waals surface area contributed by atoms with Crippen LogP contribution in [0.3, 0.4) is 0 Å². The first kappa shape index (κ1) is 12.9. The number of hydrogen-bond donors (Lipinski definition) is 1. The van der Waals surface area contributed by atoms with Crippen molar-refractivity contribution in [1.82, 2.24) is 10.2 Å². The van der Waals surface area contributed by atoms with Gasteiger partial charge in [0.25, 0.3) is 0 Å². The maximum Gasteiger partial charge on any atom is 0.0992 e. The van der Waals surface area contributed by atoms with Crippen LogP contribution in [0.25, 0.3) is 0 Å². The zero-order valence-corrected chi connectivity index (χ0v) is 11.1. The van der Waals surface area contributed by atoms with Crippen LogP contribution >= 0.6 is 0 Å². The molecular formula is C14H20N4. The fourth-order valence-corrected chi connectivity index (χ4v) is 2.40. The van der Waals surface area contributed by atoms with E-state index in [1.807, 2.05) is 18.2 Å². The highest BCUT2D eigenvalue weighted by Crippen LogP contribution is 2.17. The lowest BCUT2D eigenvalue weighted by Crippen LogP contribution is -2.54. The summed E-state index contributed by atoms with van der Waals surface area (Å²) in [7, 11) is 4.19. The number of nitrogens with zero attached hydrogens (tertiary/aromatic N) is 3. The van der Waals surface area contributed by atoms with Gasteiger partial charge in [-0.15, -0.1) is 0 Å². The molecule has 1 N–H and O–H groups in total. The fraction of sp³-hybridized carbons (Fsp3) is 0.500. The molecule has 0 aliphatic carbocycles. The summed E-state index contributed by atoms with van der Waals surface area (Å²) in [6, 6.07) is 10.5. The summed E-state index contributed by atoms with van der Waals surface area (Å²) >= 11 is 0. The van der Waals surface area contributed by atoms with Crippen molar-refractivity contribution in [3.05, 3.63) is 29.8 Å². The zero-order chi connectivity index (χ0) is 13.0. The lowest BCUT2D eigenvalue weighted by atomic mass is 10.1. The number of benzene rings is 1. The number of hydrogen-bond acceptors (Lipinski definition) is 4. The Morgan fingerprint density at radius 2 is 2.33 bits per heavy atom. The molecule has 1 aliphatic heterocycles. The van der Waals surface area contributed by atoms with Crippen molar-refractivity contribution >= 4 is 5.69 Å². The summed E-state index contributed by atoms with van der Waals surface area (Å²) in [5, 5.41) is 12.5. The Balaban J connectivity index is 2.06. The molecule has 0 saturated carbocycles. The van der Waals surface area contributed by atoms with E-state index in [2.05, 4.69) is 41.3 Å². The number of nitriles is 1. The Hall–Kier alpha value is -1.57. The second-order valence-corrected chi connectivity index (χ2v) is 5.02. The largest absolute Gasteiger partial charge is 0.369 e. The van der Waals surface area contributed by atoms with Crippen LogP contribution in [0.1, 0.15) is 5.56 Å². The predicted molar refractivity (Wildman–Crippen MR) is 73.7 cm³/mol. The van der Waals surface area contributed by atoms with Crippen LogP contribution < -0.4 is 10.2 Å². The Kier molecular flexibility index (Phi) is 4.19. The minimum absolute atomic E-state index is 0.486. The Bertz CT molecular complexity index is 436. The Morgan fingerprint density at radius 3 is 3.06 bits per heavy atom. The Morgan fingerprint density at radius 1 is 1.50 bits per heavy atom. The molecule has 1 heterocycles. The fourth-order valence-electron chi connectivity index (χ4n) is 2.40. The maximum absolute atomic E-state index is 8.94. The maximum atomic E-state index is 8.94. The molecule has 0 radical (unpaired) electrons. The average molecular weight is 244 g/mol. The Labute approximate surface area is 109 Å². The molecule has 1 aromatic carbocycles. The zero-order valence-electron chi connectivity index (χ0n) is 11.1. The third kappa shape index (κ3) is 3.22. The van der Waals surface area contributed by atoms with Crippen LogP contribution in [-0.2, 0) is 0 Å². The van der Waals surface area contributed by atoms with Crippen molar-refractivity contribution in [2.45, 2.75) is 6.04 Å². The molecule has 18 heavy (non-hydrogen) atoms. The van der Waals surface area contributed by atoms with Gasteiger partial charge < -0.3 is 15.1 Å². The monoisotopic (exact) mass is 244 g/mol. The van der Waals surface area contributed by atoms with Crippen molar-refractivity contribution < 1.29 is 0 Å². The second kappa shape index (κ2) is 5.85. The SMILES string of the molecule is CN(C)CC1CN(c2cccc(C#N)c2)CCN1. The van der Waals surface area contributed by atoms with Gasteiger partial charge >= 0.3 is 0 Å². The van der Waals surface area contributed by atoms with E-state index in [0.29, 0.717) is 6.04 Å². The molecular weight excluding hydrogens is 224 g/mol. The van der Waals surface area contributed by atoms with Gasteiger partial charge in [0, 0.05) is 37.9 Å². The van der Waals surface area contributed by atoms with E-state index in [-0.39, 0.29) is 0 Å². The number of nitrogens with one attached hydrogen (secondary N) is 1. The second-order valence-electron chi connectivity index (χ2n) is 5.02. The summed E-state index contributed by atoms with van der Waals surface area (Å²) in [4.78, 5) is 4.55. The molecule has 1 fully saturated rings. The predicted octanol–water partition coefficient (Wildman–Crippen LogP) is 0.898. The molecule has 4 nitrogen and oxygen atoms in total. The van der Waals surface area contributed by atoms with E-state index < -0.39 is 0 Å². The lowest BCUT2D eigenvalue weighted by Gasteiger charge is -2.36. The third-order valence-electron chi connectivity index (χ3n) is 3.18. The molecule has 2 rings (SSSR count). The van der Waals surface area contributed by atoms with Crippen LogP contribution in [0.5, 0.6) is 0 Å². The van der Waals surface area contributed by atoms with Crippen molar-refractivity contribution in [1.29, 1.82) is 5.26 Å². The molecule has 4 heteroatoms. The van der Waals surface area contributed by atoms with Gasteiger partial charge in [0.05, 0.1) is 11.6 Å². The lowest BCUT2D eigenvalue weighted by molar-refractivity contribution is 0.323. The van der Waals surface area contributed by atoms with Crippen molar-refractivity contribution in [2.75, 3.05) is 45.2 Å². The van der Waals surface area contributed by atoms with Crippen molar-refractivity contribution in [3.63, 3.8) is 0 Å². The van der Waals surface area contributed by atoms with E-state index >= 15 is 0 Å². The van der Waals surface area contributed by atoms with E-state index in [1.165, 1.54) is 0 Å². The summed E-state index contributed by atoms with van der Waals surface area (Å²) in [6.07, 6.45) is 0. The topological polar surface area (TPSA) is 42.3 Å². The summed E-state index contributed by atoms with van der Waals surface area (Å²) in [6.45, 7) is 4.02. The molecule has 1 aromatic rings. The summed E-state index contributed by atoms with van der Waals surface area (Å²) in [5.74, 6) is 0.